The standard InChI is InChI=1S/C24H16BrNO5/c25-16-9-6-14(7-10-16)22(27)20-21(15-8-11-18-19(12-15)31-13-30-18)26(24(29)23(20)28)17-4-2-1-3-5-17/h1-12,21,27H,13H2/b22-20+. The van der Waals surface area contributed by atoms with Crippen molar-refractivity contribution >= 4 is 39.1 Å². The fourth-order valence-electron chi connectivity index (χ4n) is 3.85. The van der Waals surface area contributed by atoms with Crippen LogP contribution < -0.4 is 14.4 Å². The van der Waals surface area contributed by atoms with Gasteiger partial charge < -0.3 is 14.6 Å². The molecule has 2 heterocycles. The number of Topliss-reactive ketones (excluding diaryl/α,β-unsaturated/α-hetero) is 1. The highest BCUT2D eigenvalue weighted by molar-refractivity contribution is 9.10. The molecule has 0 saturated carbocycles. The quantitative estimate of drug-likeness (QED) is 0.333. The zero-order valence-corrected chi connectivity index (χ0v) is 17.7. The second-order valence-electron chi connectivity index (χ2n) is 7.12. The molecule has 2 aliphatic rings. The summed E-state index contributed by atoms with van der Waals surface area (Å²) in [5.41, 5.74) is 1.66. The predicted molar refractivity (Wildman–Crippen MR) is 118 cm³/mol. The van der Waals surface area contributed by atoms with Gasteiger partial charge in [-0.15, -0.1) is 0 Å². The molecule has 6 nitrogen and oxygen atoms in total. The third-order valence-electron chi connectivity index (χ3n) is 5.31. The van der Waals surface area contributed by atoms with E-state index in [1.807, 2.05) is 6.07 Å². The van der Waals surface area contributed by atoms with E-state index >= 15 is 0 Å². The average molecular weight is 478 g/mol. The summed E-state index contributed by atoms with van der Waals surface area (Å²) >= 11 is 3.36. The van der Waals surface area contributed by atoms with Crippen molar-refractivity contribution in [2.75, 3.05) is 11.7 Å². The number of para-hydroxylation sites is 1. The van der Waals surface area contributed by atoms with Crippen LogP contribution in [0.2, 0.25) is 0 Å². The van der Waals surface area contributed by atoms with Crippen molar-refractivity contribution in [1.82, 2.24) is 0 Å². The van der Waals surface area contributed by atoms with Crippen molar-refractivity contribution in [2.24, 2.45) is 0 Å². The van der Waals surface area contributed by atoms with Crippen LogP contribution in [0.1, 0.15) is 17.2 Å². The molecule has 2 aliphatic heterocycles. The summed E-state index contributed by atoms with van der Waals surface area (Å²) in [5, 5.41) is 11.1. The topological polar surface area (TPSA) is 76.1 Å². The number of fused-ring (bicyclic) bond motifs is 1. The molecule has 1 unspecified atom stereocenters. The first kappa shape index (κ1) is 19.4. The second-order valence-corrected chi connectivity index (χ2v) is 8.04. The predicted octanol–water partition coefficient (Wildman–Crippen LogP) is 4.80. The highest BCUT2D eigenvalue weighted by Crippen LogP contribution is 2.44. The van der Waals surface area contributed by atoms with Crippen LogP contribution in [-0.2, 0) is 9.59 Å². The molecule has 7 heteroatoms. The minimum Gasteiger partial charge on any atom is -0.507 e. The van der Waals surface area contributed by atoms with Gasteiger partial charge in [-0.3, -0.25) is 14.5 Å². The zero-order valence-electron chi connectivity index (χ0n) is 16.1. The maximum absolute atomic E-state index is 13.1. The molecule has 0 radical (unpaired) electrons. The summed E-state index contributed by atoms with van der Waals surface area (Å²) in [6, 6.07) is 20.3. The van der Waals surface area contributed by atoms with Gasteiger partial charge in [0.25, 0.3) is 11.7 Å². The van der Waals surface area contributed by atoms with E-state index in [4.69, 9.17) is 9.47 Å². The highest BCUT2D eigenvalue weighted by atomic mass is 79.9. The molecule has 1 N–H and O–H groups in total. The number of benzene rings is 3. The Balaban J connectivity index is 1.72. The number of hydrogen-bond donors (Lipinski definition) is 1. The van der Waals surface area contributed by atoms with Gasteiger partial charge in [0.1, 0.15) is 5.76 Å². The Morgan fingerprint density at radius 1 is 0.935 bits per heavy atom. The van der Waals surface area contributed by atoms with Crippen molar-refractivity contribution in [3.63, 3.8) is 0 Å². The van der Waals surface area contributed by atoms with Crippen LogP contribution in [0.5, 0.6) is 11.5 Å². The number of amides is 1. The van der Waals surface area contributed by atoms with Gasteiger partial charge >= 0.3 is 0 Å². The first-order chi connectivity index (χ1) is 15.0. The minimum absolute atomic E-state index is 0.0232. The van der Waals surface area contributed by atoms with E-state index in [0.717, 1.165) is 4.47 Å². The van der Waals surface area contributed by atoms with E-state index in [0.29, 0.717) is 28.3 Å². The van der Waals surface area contributed by atoms with Crippen molar-refractivity contribution in [1.29, 1.82) is 0 Å². The number of halogens is 1. The van der Waals surface area contributed by atoms with Gasteiger partial charge in [-0.25, -0.2) is 0 Å². The molecule has 31 heavy (non-hydrogen) atoms. The van der Waals surface area contributed by atoms with Crippen LogP contribution in [0.3, 0.4) is 0 Å². The molecule has 1 atom stereocenters. The Labute approximate surface area is 186 Å². The van der Waals surface area contributed by atoms with Crippen molar-refractivity contribution < 1.29 is 24.2 Å². The van der Waals surface area contributed by atoms with Crippen molar-refractivity contribution in [2.45, 2.75) is 6.04 Å². The smallest absolute Gasteiger partial charge is 0.300 e. The van der Waals surface area contributed by atoms with E-state index in [1.165, 1.54) is 4.90 Å². The second kappa shape index (κ2) is 7.59. The molecule has 3 aromatic rings. The molecular formula is C24H16BrNO5. The van der Waals surface area contributed by atoms with Gasteiger partial charge in [-0.05, 0) is 42.0 Å². The number of hydrogen-bond acceptors (Lipinski definition) is 5. The van der Waals surface area contributed by atoms with Crippen molar-refractivity contribution in [3.05, 3.63) is 94.0 Å². The van der Waals surface area contributed by atoms with Crippen LogP contribution >= 0.6 is 15.9 Å². The third-order valence-corrected chi connectivity index (χ3v) is 5.84. The molecule has 1 fully saturated rings. The third kappa shape index (κ3) is 3.27. The van der Waals surface area contributed by atoms with Crippen LogP contribution in [0.4, 0.5) is 5.69 Å². The number of carbonyl (C=O) groups is 2. The van der Waals surface area contributed by atoms with Gasteiger partial charge in [-0.1, -0.05) is 52.3 Å². The van der Waals surface area contributed by atoms with Crippen LogP contribution in [0, 0.1) is 0 Å². The number of ether oxygens (including phenoxy) is 2. The number of carbonyl (C=O) groups excluding carboxylic acids is 2. The summed E-state index contributed by atoms with van der Waals surface area (Å²) < 4.78 is 11.7. The van der Waals surface area contributed by atoms with Crippen LogP contribution in [-0.4, -0.2) is 23.6 Å². The highest BCUT2D eigenvalue weighted by Gasteiger charge is 2.47. The Hall–Kier alpha value is -3.58. The summed E-state index contributed by atoms with van der Waals surface area (Å²) in [6.45, 7) is 0.108. The molecule has 154 valence electrons. The Kier molecular flexibility index (Phi) is 4.75. The molecule has 0 aromatic heterocycles. The molecule has 0 aliphatic carbocycles. The fraction of sp³-hybridized carbons (Fsp3) is 0.0833. The largest absolute Gasteiger partial charge is 0.507 e. The van der Waals surface area contributed by atoms with E-state index < -0.39 is 17.7 Å². The number of aliphatic hydroxyl groups is 1. The van der Waals surface area contributed by atoms with Crippen LogP contribution in [0.15, 0.2) is 82.8 Å². The lowest BCUT2D eigenvalue weighted by atomic mass is 9.95. The lowest BCUT2D eigenvalue weighted by molar-refractivity contribution is -0.132. The SMILES string of the molecule is O=C1C(=O)N(c2ccccc2)C(c2ccc3c(c2)OCO3)/C1=C(\O)c1ccc(Br)cc1. The Bertz CT molecular complexity index is 1220. The van der Waals surface area contributed by atoms with Crippen molar-refractivity contribution in [3.8, 4) is 11.5 Å². The maximum Gasteiger partial charge on any atom is 0.300 e. The Morgan fingerprint density at radius 3 is 2.39 bits per heavy atom. The summed E-state index contributed by atoms with van der Waals surface area (Å²) in [6.07, 6.45) is 0. The number of anilines is 1. The lowest BCUT2D eigenvalue weighted by Gasteiger charge is -2.25. The number of aliphatic hydroxyl groups excluding tert-OH is 1. The molecule has 3 aromatic carbocycles. The molecule has 1 amide bonds. The zero-order chi connectivity index (χ0) is 21.5. The van der Waals surface area contributed by atoms with Gasteiger partial charge in [0.2, 0.25) is 6.79 Å². The summed E-state index contributed by atoms with van der Waals surface area (Å²) in [5.74, 6) is -0.556. The maximum atomic E-state index is 13.1. The fourth-order valence-corrected chi connectivity index (χ4v) is 4.11. The first-order valence-electron chi connectivity index (χ1n) is 9.56. The first-order valence-corrected chi connectivity index (χ1v) is 10.4. The summed E-state index contributed by atoms with van der Waals surface area (Å²) in [7, 11) is 0. The van der Waals surface area contributed by atoms with E-state index in [9.17, 15) is 14.7 Å². The molecular weight excluding hydrogens is 462 g/mol. The van der Waals surface area contributed by atoms with E-state index in [1.54, 1.807) is 66.7 Å². The van der Waals surface area contributed by atoms with Crippen LogP contribution in [0.25, 0.3) is 5.76 Å². The minimum atomic E-state index is -0.819. The Morgan fingerprint density at radius 2 is 1.65 bits per heavy atom. The van der Waals surface area contributed by atoms with Gasteiger partial charge in [0, 0.05) is 15.7 Å². The number of ketones is 1. The molecule has 1 saturated heterocycles. The van der Waals surface area contributed by atoms with Gasteiger partial charge in [0.05, 0.1) is 11.6 Å². The molecule has 0 spiro atoms. The number of nitrogens with zero attached hydrogens (tertiary/aromatic N) is 1. The van der Waals surface area contributed by atoms with E-state index in [2.05, 4.69) is 15.9 Å². The average Bonchev–Trinajstić information content (AvgIpc) is 3.36. The summed E-state index contributed by atoms with van der Waals surface area (Å²) in [4.78, 5) is 27.6. The molecule has 0 bridgehead atoms. The number of rotatable bonds is 3. The molecule has 5 rings (SSSR count). The normalized spacial score (nSPS) is 19.1. The van der Waals surface area contributed by atoms with E-state index in [-0.39, 0.29) is 18.1 Å². The van der Waals surface area contributed by atoms with Gasteiger partial charge in [-0.2, -0.15) is 0 Å². The van der Waals surface area contributed by atoms with Gasteiger partial charge in [0.15, 0.2) is 11.5 Å². The lowest BCUT2D eigenvalue weighted by Crippen LogP contribution is -2.29. The monoisotopic (exact) mass is 477 g/mol.